The van der Waals surface area contributed by atoms with Gasteiger partial charge in [-0.1, -0.05) is 58.3 Å². The van der Waals surface area contributed by atoms with Crippen LogP contribution in [0.2, 0.25) is 0 Å². The molecule has 0 spiro atoms. The van der Waals surface area contributed by atoms with Gasteiger partial charge < -0.3 is 14.8 Å². The Kier molecular flexibility index (Phi) is 15.8. The lowest BCUT2D eigenvalue weighted by Crippen LogP contribution is -2.46. The molecule has 0 aliphatic carbocycles. The van der Waals surface area contributed by atoms with Gasteiger partial charge in [-0.25, -0.2) is 0 Å². The molecule has 5 nitrogen and oxygen atoms in total. The largest absolute Gasteiger partial charge is 0.691 e. The molecule has 0 fully saturated rings. The molecule has 6 heteroatoms. The van der Waals surface area contributed by atoms with Crippen LogP contribution >= 0.6 is 12.0 Å². The van der Waals surface area contributed by atoms with Gasteiger partial charge in [0.25, 0.3) is 0 Å². The quantitative estimate of drug-likeness (QED) is 0.143. The average molecular weight is 352 g/mol. The van der Waals surface area contributed by atoms with Crippen LogP contribution in [-0.2, 0) is 9.37 Å². The molecule has 1 unspecified atom stereocenters. The maximum absolute atomic E-state index is 9.90. The van der Waals surface area contributed by atoms with Crippen LogP contribution in [0.25, 0.3) is 0 Å². The first kappa shape index (κ1) is 23.1. The maximum Gasteiger partial charge on any atom is 0.114 e. The van der Waals surface area contributed by atoms with E-state index in [-0.39, 0.29) is 0 Å². The number of aliphatic hydroxyl groups is 1. The maximum atomic E-state index is 9.90. The topological polar surface area (TPSA) is 61.8 Å². The fourth-order valence-electron chi connectivity index (χ4n) is 2.87. The van der Waals surface area contributed by atoms with Crippen molar-refractivity contribution in [2.24, 2.45) is 0 Å². The van der Waals surface area contributed by atoms with E-state index in [0.717, 1.165) is 23.1 Å². The summed E-state index contributed by atoms with van der Waals surface area (Å²) in [5, 5.41) is 22.8. The van der Waals surface area contributed by atoms with E-state index in [4.69, 9.17) is 0 Å². The van der Waals surface area contributed by atoms with Crippen molar-refractivity contribution < 1.29 is 24.2 Å². The van der Waals surface area contributed by atoms with Crippen molar-refractivity contribution in [1.29, 1.82) is 0 Å². The smallest absolute Gasteiger partial charge is 0.114 e. The van der Waals surface area contributed by atoms with Crippen LogP contribution in [0.3, 0.4) is 0 Å². The third-order valence-electron chi connectivity index (χ3n) is 4.16. The molecule has 0 saturated carbocycles. The number of rotatable bonds is 17. The van der Waals surface area contributed by atoms with Crippen molar-refractivity contribution in [3.8, 4) is 0 Å². The van der Waals surface area contributed by atoms with Gasteiger partial charge in [-0.05, 0) is 12.8 Å². The summed E-state index contributed by atoms with van der Waals surface area (Å²) in [4.78, 5) is 0. The highest BCUT2D eigenvalue weighted by Crippen LogP contribution is 2.13. The van der Waals surface area contributed by atoms with E-state index in [1.165, 1.54) is 64.2 Å². The first-order chi connectivity index (χ1) is 11.0. The van der Waals surface area contributed by atoms with E-state index in [1.54, 1.807) is 0 Å². The van der Waals surface area contributed by atoms with Crippen LogP contribution in [0.4, 0.5) is 0 Å². The highest BCUT2D eigenvalue weighted by Gasteiger charge is 2.20. The number of likely N-dealkylation sites (N-methyl/N-ethyl adjacent to an activating group) is 1. The summed E-state index contributed by atoms with van der Waals surface area (Å²) in [6, 6.07) is 0. The summed E-state index contributed by atoms with van der Waals surface area (Å²) in [7, 11) is 4.26. The molecule has 23 heavy (non-hydrogen) atoms. The Morgan fingerprint density at radius 1 is 0.957 bits per heavy atom. The van der Waals surface area contributed by atoms with Crippen LogP contribution in [0.5, 0.6) is 0 Å². The second kappa shape index (κ2) is 15.7. The predicted octanol–water partition coefficient (Wildman–Crippen LogP) is 3.22. The number of hydrogen-bond donors (Lipinski definition) is 1. The Balaban J connectivity index is 3.47. The van der Waals surface area contributed by atoms with E-state index in [0.29, 0.717) is 12.3 Å². The van der Waals surface area contributed by atoms with Gasteiger partial charge in [0.05, 0.1) is 26.4 Å². The van der Waals surface area contributed by atoms with E-state index >= 15 is 0 Å². The van der Waals surface area contributed by atoms with Crippen LogP contribution in [0.1, 0.15) is 71.1 Å². The zero-order chi connectivity index (χ0) is 17.4. The Hall–Kier alpha value is 0.150. The summed E-state index contributed by atoms with van der Waals surface area (Å²) >= 11 is 0.852. The fourth-order valence-corrected chi connectivity index (χ4v) is 3.23. The Morgan fingerprint density at radius 2 is 1.48 bits per heavy atom. The summed E-state index contributed by atoms with van der Waals surface area (Å²) in [6.45, 7) is 3.98. The van der Waals surface area contributed by atoms with Gasteiger partial charge in [0.15, 0.2) is 0 Å². The minimum Gasteiger partial charge on any atom is -0.691 e. The molecule has 0 aromatic carbocycles. The molecule has 0 saturated heterocycles. The molecular weight excluding hydrogens is 314 g/mol. The first-order valence-corrected chi connectivity index (χ1v) is 10.0. The lowest BCUT2D eigenvalue weighted by Gasteiger charge is -2.31. The number of unbranched alkanes of at least 4 members (excludes halogenated alkanes) is 9. The standard InChI is InChI=1S/C17H37NO4S/c1-4-5-6-7-8-9-10-11-12-13-14-18(2,3)15-17(19)16-23-22-21-20/h17,19H,4-16H2,1-3H3. The zero-order valence-electron chi connectivity index (χ0n) is 15.3. The Labute approximate surface area is 147 Å². The predicted molar refractivity (Wildman–Crippen MR) is 94.3 cm³/mol. The van der Waals surface area contributed by atoms with Gasteiger partial charge in [-0.3, -0.25) is 5.04 Å². The fraction of sp³-hybridized carbons (Fsp3) is 1.00. The van der Waals surface area contributed by atoms with Crippen molar-refractivity contribution >= 4 is 12.0 Å². The molecular formula is C17H37NO4S. The van der Waals surface area contributed by atoms with Crippen molar-refractivity contribution in [2.75, 3.05) is 32.9 Å². The minimum absolute atomic E-state index is 0.349. The number of aliphatic hydroxyl groups excluding tert-OH is 1. The molecule has 0 bridgehead atoms. The van der Waals surface area contributed by atoms with Crippen molar-refractivity contribution in [3.63, 3.8) is 0 Å². The lowest BCUT2D eigenvalue weighted by molar-refractivity contribution is -0.893. The Morgan fingerprint density at radius 3 is 2.00 bits per heavy atom. The van der Waals surface area contributed by atoms with E-state index in [2.05, 4.69) is 30.4 Å². The molecule has 0 amide bonds. The highest BCUT2D eigenvalue weighted by atomic mass is 32.2. The normalized spacial score (nSPS) is 13.4. The second-order valence-corrected chi connectivity index (χ2v) is 7.80. The molecule has 0 aromatic heterocycles. The van der Waals surface area contributed by atoms with Crippen molar-refractivity contribution in [2.45, 2.75) is 77.2 Å². The van der Waals surface area contributed by atoms with Gasteiger partial charge in [0, 0.05) is 12.0 Å². The van der Waals surface area contributed by atoms with Crippen LogP contribution in [-0.4, -0.2) is 48.6 Å². The Bertz CT molecular complexity index is 255. The molecule has 140 valence electrons. The first-order valence-electron chi connectivity index (χ1n) is 9.10. The van der Waals surface area contributed by atoms with Gasteiger partial charge >= 0.3 is 0 Å². The number of quaternary nitrogens is 1. The third-order valence-corrected chi connectivity index (χ3v) is 4.83. The van der Waals surface area contributed by atoms with Crippen LogP contribution in [0, 0.1) is 0 Å². The molecule has 0 rings (SSSR count). The minimum atomic E-state index is -0.492. The monoisotopic (exact) mass is 351 g/mol. The van der Waals surface area contributed by atoms with Crippen molar-refractivity contribution in [3.05, 3.63) is 0 Å². The van der Waals surface area contributed by atoms with E-state index < -0.39 is 6.10 Å². The zero-order valence-corrected chi connectivity index (χ0v) is 16.1. The van der Waals surface area contributed by atoms with Gasteiger partial charge in [-0.2, -0.15) is 4.33 Å². The SMILES string of the molecule is CCCCCCCCCCCC[N+](C)(C)CC(O)CSOO[O-]. The molecule has 1 atom stereocenters. The summed E-state index contributed by atoms with van der Waals surface area (Å²) in [5.41, 5.74) is 0. The molecule has 0 aliphatic heterocycles. The van der Waals surface area contributed by atoms with E-state index in [9.17, 15) is 10.4 Å². The highest BCUT2D eigenvalue weighted by molar-refractivity contribution is 7.94. The number of nitrogens with zero attached hydrogens (tertiary/aromatic N) is 1. The third kappa shape index (κ3) is 16.8. The van der Waals surface area contributed by atoms with Gasteiger partial charge in [0.2, 0.25) is 0 Å². The second-order valence-electron chi connectivity index (χ2n) is 7.10. The molecule has 0 aliphatic rings. The van der Waals surface area contributed by atoms with Gasteiger partial charge in [-0.15, -0.1) is 0 Å². The average Bonchev–Trinajstić information content (AvgIpc) is 2.49. The van der Waals surface area contributed by atoms with Gasteiger partial charge in [0.1, 0.15) is 12.6 Å². The molecule has 0 heterocycles. The van der Waals surface area contributed by atoms with Crippen molar-refractivity contribution in [1.82, 2.24) is 0 Å². The summed E-state index contributed by atoms with van der Waals surface area (Å²) in [6.07, 6.45) is 12.9. The van der Waals surface area contributed by atoms with Crippen LogP contribution < -0.4 is 5.26 Å². The summed E-state index contributed by atoms with van der Waals surface area (Å²) < 4.78 is 4.97. The summed E-state index contributed by atoms with van der Waals surface area (Å²) in [5.74, 6) is 0.349. The number of hydrogen-bond acceptors (Lipinski definition) is 5. The molecule has 0 aromatic rings. The lowest BCUT2D eigenvalue weighted by atomic mass is 10.1. The molecule has 1 N–H and O–H groups in total. The van der Waals surface area contributed by atoms with E-state index in [1.807, 2.05) is 0 Å². The van der Waals surface area contributed by atoms with Crippen LogP contribution in [0.15, 0.2) is 0 Å². The molecule has 0 radical (unpaired) electrons.